The SMILES string of the molecule is Nc1cnn(CC2CCCCC2)c1N. The molecule has 78 valence electrons. The molecule has 1 aromatic heterocycles. The number of anilines is 2. The fourth-order valence-electron chi connectivity index (χ4n) is 2.17. The molecule has 1 heterocycles. The molecule has 1 aliphatic carbocycles. The van der Waals surface area contributed by atoms with Crippen LogP contribution in [0, 0.1) is 5.92 Å². The molecular weight excluding hydrogens is 176 g/mol. The summed E-state index contributed by atoms with van der Waals surface area (Å²) in [5, 5.41) is 4.18. The van der Waals surface area contributed by atoms with Crippen molar-refractivity contribution in [3.8, 4) is 0 Å². The van der Waals surface area contributed by atoms with Gasteiger partial charge < -0.3 is 11.5 Å². The number of nitrogens with zero attached hydrogens (tertiary/aromatic N) is 2. The number of hydrogen-bond acceptors (Lipinski definition) is 3. The number of aromatic nitrogens is 2. The molecule has 0 spiro atoms. The van der Waals surface area contributed by atoms with E-state index < -0.39 is 0 Å². The predicted octanol–water partition coefficient (Wildman–Crippen LogP) is 1.63. The lowest BCUT2D eigenvalue weighted by Crippen LogP contribution is -2.16. The molecule has 0 saturated heterocycles. The molecule has 0 aromatic carbocycles. The standard InChI is InChI=1S/C10H18N4/c11-9-6-13-14(10(9)12)7-8-4-2-1-3-5-8/h6,8H,1-5,7,11-12H2. The normalized spacial score (nSPS) is 18.6. The van der Waals surface area contributed by atoms with Gasteiger partial charge in [0.15, 0.2) is 0 Å². The molecule has 4 N–H and O–H groups in total. The van der Waals surface area contributed by atoms with Crippen molar-refractivity contribution in [2.24, 2.45) is 5.92 Å². The molecule has 1 aromatic rings. The Kier molecular flexibility index (Phi) is 2.61. The van der Waals surface area contributed by atoms with Crippen molar-refractivity contribution in [3.63, 3.8) is 0 Å². The molecule has 0 radical (unpaired) electrons. The highest BCUT2D eigenvalue weighted by Crippen LogP contribution is 2.26. The van der Waals surface area contributed by atoms with E-state index >= 15 is 0 Å². The first-order chi connectivity index (χ1) is 6.77. The van der Waals surface area contributed by atoms with Gasteiger partial charge in [0.1, 0.15) is 5.82 Å². The van der Waals surface area contributed by atoms with E-state index in [2.05, 4.69) is 5.10 Å². The molecule has 0 amide bonds. The molecule has 4 heteroatoms. The lowest BCUT2D eigenvalue weighted by molar-refractivity contribution is 0.310. The number of nitrogens with two attached hydrogens (primary N) is 2. The summed E-state index contributed by atoms with van der Waals surface area (Å²) >= 11 is 0. The first-order valence-corrected chi connectivity index (χ1v) is 5.34. The summed E-state index contributed by atoms with van der Waals surface area (Å²) in [6.45, 7) is 0.934. The average Bonchev–Trinajstić information content (AvgIpc) is 2.52. The van der Waals surface area contributed by atoms with Gasteiger partial charge in [-0.25, -0.2) is 4.68 Å². The first kappa shape index (κ1) is 9.37. The van der Waals surface area contributed by atoms with Gasteiger partial charge in [0.2, 0.25) is 0 Å². The maximum absolute atomic E-state index is 5.80. The molecular formula is C10H18N4. The van der Waals surface area contributed by atoms with Crippen molar-refractivity contribution in [1.29, 1.82) is 0 Å². The smallest absolute Gasteiger partial charge is 0.145 e. The summed E-state index contributed by atoms with van der Waals surface area (Å²) in [5.41, 5.74) is 12.0. The minimum Gasteiger partial charge on any atom is -0.394 e. The Labute approximate surface area is 84.3 Å². The van der Waals surface area contributed by atoms with Crippen molar-refractivity contribution < 1.29 is 0 Å². The van der Waals surface area contributed by atoms with Crippen molar-refractivity contribution in [2.45, 2.75) is 38.6 Å². The van der Waals surface area contributed by atoms with Crippen LogP contribution in [-0.2, 0) is 6.54 Å². The van der Waals surface area contributed by atoms with Gasteiger partial charge in [0.25, 0.3) is 0 Å². The van der Waals surface area contributed by atoms with E-state index in [0.717, 1.165) is 12.5 Å². The van der Waals surface area contributed by atoms with E-state index in [4.69, 9.17) is 11.5 Å². The van der Waals surface area contributed by atoms with Crippen LogP contribution in [-0.4, -0.2) is 9.78 Å². The monoisotopic (exact) mass is 194 g/mol. The Morgan fingerprint density at radius 3 is 2.57 bits per heavy atom. The summed E-state index contributed by atoms with van der Waals surface area (Å²) < 4.78 is 1.84. The van der Waals surface area contributed by atoms with Gasteiger partial charge in [0, 0.05) is 6.54 Å². The molecule has 1 fully saturated rings. The molecule has 14 heavy (non-hydrogen) atoms. The molecule has 4 nitrogen and oxygen atoms in total. The number of rotatable bonds is 2. The average molecular weight is 194 g/mol. The lowest BCUT2D eigenvalue weighted by atomic mass is 9.89. The van der Waals surface area contributed by atoms with Crippen LogP contribution in [0.2, 0.25) is 0 Å². The van der Waals surface area contributed by atoms with Crippen molar-refractivity contribution >= 4 is 11.5 Å². The second kappa shape index (κ2) is 3.90. The largest absolute Gasteiger partial charge is 0.394 e. The third-order valence-corrected chi connectivity index (χ3v) is 3.07. The van der Waals surface area contributed by atoms with Crippen LogP contribution in [0.1, 0.15) is 32.1 Å². The molecule has 0 atom stereocenters. The van der Waals surface area contributed by atoms with E-state index in [1.165, 1.54) is 32.1 Å². The minimum atomic E-state index is 0.598. The molecule has 1 aliphatic rings. The zero-order valence-corrected chi connectivity index (χ0v) is 8.45. The number of nitrogen functional groups attached to an aromatic ring is 2. The van der Waals surface area contributed by atoms with Gasteiger partial charge in [0.05, 0.1) is 11.9 Å². The molecule has 0 aliphatic heterocycles. The highest BCUT2D eigenvalue weighted by molar-refractivity contribution is 5.56. The van der Waals surface area contributed by atoms with Crippen molar-refractivity contribution in [3.05, 3.63) is 6.20 Å². The fourth-order valence-corrected chi connectivity index (χ4v) is 2.17. The molecule has 0 bridgehead atoms. The van der Waals surface area contributed by atoms with E-state index in [-0.39, 0.29) is 0 Å². The Morgan fingerprint density at radius 1 is 1.29 bits per heavy atom. The Balaban J connectivity index is 1.99. The van der Waals surface area contributed by atoms with Gasteiger partial charge in [-0.15, -0.1) is 0 Å². The predicted molar refractivity (Wildman–Crippen MR) is 57.6 cm³/mol. The van der Waals surface area contributed by atoms with Crippen molar-refractivity contribution in [1.82, 2.24) is 9.78 Å². The van der Waals surface area contributed by atoms with Gasteiger partial charge in [-0.05, 0) is 18.8 Å². The highest BCUT2D eigenvalue weighted by Gasteiger charge is 2.15. The molecule has 0 unspecified atom stereocenters. The van der Waals surface area contributed by atoms with Crippen LogP contribution < -0.4 is 11.5 Å². The third-order valence-electron chi connectivity index (χ3n) is 3.07. The van der Waals surface area contributed by atoms with Gasteiger partial charge in [-0.3, -0.25) is 0 Å². The molecule has 2 rings (SSSR count). The second-order valence-electron chi connectivity index (χ2n) is 4.17. The summed E-state index contributed by atoms with van der Waals surface area (Å²) in [7, 11) is 0. The van der Waals surface area contributed by atoms with Gasteiger partial charge in [-0.2, -0.15) is 5.10 Å². The van der Waals surface area contributed by atoms with E-state index in [0.29, 0.717) is 11.5 Å². The van der Waals surface area contributed by atoms with Gasteiger partial charge >= 0.3 is 0 Å². The van der Waals surface area contributed by atoms with Crippen molar-refractivity contribution in [2.75, 3.05) is 11.5 Å². The van der Waals surface area contributed by atoms with Gasteiger partial charge in [-0.1, -0.05) is 19.3 Å². The van der Waals surface area contributed by atoms with Crippen LogP contribution >= 0.6 is 0 Å². The van der Waals surface area contributed by atoms with E-state index in [1.54, 1.807) is 6.20 Å². The minimum absolute atomic E-state index is 0.598. The Hall–Kier alpha value is -1.19. The zero-order chi connectivity index (χ0) is 9.97. The van der Waals surface area contributed by atoms with Crippen LogP contribution in [0.3, 0.4) is 0 Å². The summed E-state index contributed by atoms with van der Waals surface area (Å²) in [5.74, 6) is 1.36. The van der Waals surface area contributed by atoms with Crippen LogP contribution in [0.25, 0.3) is 0 Å². The lowest BCUT2D eigenvalue weighted by Gasteiger charge is -2.21. The zero-order valence-electron chi connectivity index (χ0n) is 8.45. The summed E-state index contributed by atoms with van der Waals surface area (Å²) in [6, 6.07) is 0. The van der Waals surface area contributed by atoms with E-state index in [9.17, 15) is 0 Å². The highest BCUT2D eigenvalue weighted by atomic mass is 15.3. The summed E-state index contributed by atoms with van der Waals surface area (Å²) in [6.07, 6.45) is 8.33. The maximum atomic E-state index is 5.80. The van der Waals surface area contributed by atoms with Crippen LogP contribution in [0.15, 0.2) is 6.20 Å². The number of hydrogen-bond donors (Lipinski definition) is 2. The Morgan fingerprint density at radius 2 is 2.00 bits per heavy atom. The maximum Gasteiger partial charge on any atom is 0.145 e. The fraction of sp³-hybridized carbons (Fsp3) is 0.700. The molecule has 1 saturated carbocycles. The van der Waals surface area contributed by atoms with E-state index in [1.807, 2.05) is 4.68 Å². The van der Waals surface area contributed by atoms with Crippen LogP contribution in [0.4, 0.5) is 11.5 Å². The van der Waals surface area contributed by atoms with Crippen LogP contribution in [0.5, 0.6) is 0 Å². The quantitative estimate of drug-likeness (QED) is 0.751. The Bertz CT molecular complexity index is 299. The third kappa shape index (κ3) is 1.84. The second-order valence-corrected chi connectivity index (χ2v) is 4.17. The topological polar surface area (TPSA) is 69.9 Å². The summed E-state index contributed by atoms with van der Waals surface area (Å²) in [4.78, 5) is 0. The first-order valence-electron chi connectivity index (χ1n) is 5.34.